The maximum Gasteiger partial charge on any atom is 0.262 e. The maximum absolute atomic E-state index is 12.3. The fourth-order valence-electron chi connectivity index (χ4n) is 1.63. The zero-order valence-corrected chi connectivity index (χ0v) is 13.2. The number of hydrogen-bond acceptors (Lipinski definition) is 2. The molecule has 1 N–H and O–H groups in total. The first-order valence-electron chi connectivity index (χ1n) is 5.43. The van der Waals surface area contributed by atoms with E-state index >= 15 is 0 Å². The second-order valence-corrected chi connectivity index (χ2v) is 6.91. The van der Waals surface area contributed by atoms with Crippen molar-refractivity contribution in [3.8, 4) is 0 Å². The van der Waals surface area contributed by atoms with E-state index in [1.54, 1.807) is 49.4 Å². The van der Waals surface area contributed by atoms with E-state index in [-0.39, 0.29) is 4.90 Å². The maximum atomic E-state index is 12.3. The number of anilines is 1. The van der Waals surface area contributed by atoms with Crippen LogP contribution in [0.2, 0.25) is 5.02 Å². The minimum atomic E-state index is -3.59. The third-order valence-corrected chi connectivity index (χ3v) is 5.31. The van der Waals surface area contributed by atoms with E-state index in [1.165, 1.54) is 0 Å². The normalized spacial score (nSPS) is 11.3. The molecule has 2 aromatic rings. The standard InChI is InChI=1S/C13H11BrClNO2S/c1-9-4-2-3-5-13(9)19(17,18)16-10-6-7-12(15)11(14)8-10/h2-8,16H,1H3. The molecule has 3 nitrogen and oxygen atoms in total. The average Bonchev–Trinajstić information content (AvgIpc) is 2.34. The first-order valence-corrected chi connectivity index (χ1v) is 8.09. The molecule has 2 aromatic carbocycles. The average molecular weight is 361 g/mol. The molecule has 0 unspecified atom stereocenters. The third-order valence-electron chi connectivity index (χ3n) is 2.55. The van der Waals surface area contributed by atoms with Crippen LogP contribution in [0.15, 0.2) is 51.8 Å². The topological polar surface area (TPSA) is 46.2 Å². The number of benzene rings is 2. The van der Waals surface area contributed by atoms with E-state index in [9.17, 15) is 8.42 Å². The zero-order chi connectivity index (χ0) is 14.0. The van der Waals surface area contributed by atoms with Crippen LogP contribution in [0.5, 0.6) is 0 Å². The Morgan fingerprint density at radius 3 is 2.47 bits per heavy atom. The van der Waals surface area contributed by atoms with Gasteiger partial charge >= 0.3 is 0 Å². The molecule has 0 radical (unpaired) electrons. The van der Waals surface area contributed by atoms with Crippen molar-refractivity contribution < 1.29 is 8.42 Å². The van der Waals surface area contributed by atoms with E-state index in [0.717, 1.165) is 0 Å². The van der Waals surface area contributed by atoms with Gasteiger partial charge in [-0.25, -0.2) is 8.42 Å². The summed E-state index contributed by atoms with van der Waals surface area (Å²) < 4.78 is 27.7. The molecule has 0 saturated carbocycles. The Morgan fingerprint density at radius 2 is 1.84 bits per heavy atom. The van der Waals surface area contributed by atoms with Gasteiger partial charge in [-0.2, -0.15) is 0 Å². The summed E-state index contributed by atoms with van der Waals surface area (Å²) in [5.74, 6) is 0. The fourth-order valence-corrected chi connectivity index (χ4v) is 3.42. The van der Waals surface area contributed by atoms with Gasteiger partial charge < -0.3 is 0 Å². The molecule has 0 saturated heterocycles. The molecule has 0 atom stereocenters. The first-order chi connectivity index (χ1) is 8.90. The van der Waals surface area contributed by atoms with Crippen molar-refractivity contribution in [2.45, 2.75) is 11.8 Å². The van der Waals surface area contributed by atoms with Crippen molar-refractivity contribution in [3.63, 3.8) is 0 Å². The van der Waals surface area contributed by atoms with E-state index in [4.69, 9.17) is 11.6 Å². The van der Waals surface area contributed by atoms with E-state index in [0.29, 0.717) is 20.7 Å². The smallest absolute Gasteiger partial charge is 0.262 e. The molecule has 0 amide bonds. The molecule has 2 rings (SSSR count). The van der Waals surface area contributed by atoms with Gasteiger partial charge in [0.2, 0.25) is 0 Å². The monoisotopic (exact) mass is 359 g/mol. The molecule has 0 heterocycles. The lowest BCUT2D eigenvalue weighted by molar-refractivity contribution is 0.600. The molecule has 0 aromatic heterocycles. The van der Waals surface area contributed by atoms with Gasteiger partial charge in [-0.1, -0.05) is 29.8 Å². The first kappa shape index (κ1) is 14.4. The summed E-state index contributed by atoms with van der Waals surface area (Å²) in [5.41, 5.74) is 1.16. The molecule has 0 aliphatic heterocycles. The van der Waals surface area contributed by atoms with Gasteiger partial charge in [-0.05, 0) is 52.7 Å². The van der Waals surface area contributed by atoms with Crippen molar-refractivity contribution >= 4 is 43.2 Å². The van der Waals surface area contributed by atoms with Gasteiger partial charge in [0.05, 0.1) is 15.6 Å². The number of hydrogen-bond donors (Lipinski definition) is 1. The summed E-state index contributed by atoms with van der Waals surface area (Å²) in [6, 6.07) is 11.7. The molecule has 0 bridgehead atoms. The summed E-state index contributed by atoms with van der Waals surface area (Å²) in [6.45, 7) is 1.76. The van der Waals surface area contributed by atoms with E-state index < -0.39 is 10.0 Å². The number of nitrogens with one attached hydrogen (secondary N) is 1. The minimum Gasteiger partial charge on any atom is -0.280 e. The van der Waals surface area contributed by atoms with Crippen LogP contribution >= 0.6 is 27.5 Å². The van der Waals surface area contributed by atoms with Crippen LogP contribution in [-0.4, -0.2) is 8.42 Å². The van der Waals surface area contributed by atoms with Crippen molar-refractivity contribution in [2.75, 3.05) is 4.72 Å². The Kier molecular flexibility index (Phi) is 4.18. The van der Waals surface area contributed by atoms with Crippen LogP contribution in [0.3, 0.4) is 0 Å². The predicted molar refractivity (Wildman–Crippen MR) is 81.1 cm³/mol. The van der Waals surface area contributed by atoms with Crippen molar-refractivity contribution in [3.05, 3.63) is 57.5 Å². The Bertz CT molecular complexity index is 716. The summed E-state index contributed by atoms with van der Waals surface area (Å²) in [6.07, 6.45) is 0. The van der Waals surface area contributed by atoms with Gasteiger partial charge in [-0.15, -0.1) is 0 Å². The molecular weight excluding hydrogens is 350 g/mol. The van der Waals surface area contributed by atoms with Gasteiger partial charge in [-0.3, -0.25) is 4.72 Å². The second kappa shape index (κ2) is 5.53. The Balaban J connectivity index is 2.37. The summed E-state index contributed by atoms with van der Waals surface area (Å²) in [5, 5.41) is 0.527. The van der Waals surface area contributed by atoms with E-state index in [2.05, 4.69) is 20.7 Å². The number of aryl methyl sites for hydroxylation is 1. The van der Waals surface area contributed by atoms with Crippen LogP contribution in [0.25, 0.3) is 0 Å². The van der Waals surface area contributed by atoms with Crippen molar-refractivity contribution in [1.29, 1.82) is 0 Å². The van der Waals surface area contributed by atoms with Gasteiger partial charge in [0, 0.05) is 4.47 Å². The molecule has 100 valence electrons. The van der Waals surface area contributed by atoms with Crippen LogP contribution in [0.1, 0.15) is 5.56 Å². The highest BCUT2D eigenvalue weighted by atomic mass is 79.9. The van der Waals surface area contributed by atoms with Crippen LogP contribution in [0, 0.1) is 6.92 Å². The number of halogens is 2. The fraction of sp³-hybridized carbons (Fsp3) is 0.0769. The van der Waals surface area contributed by atoms with Crippen molar-refractivity contribution in [1.82, 2.24) is 0 Å². The Morgan fingerprint density at radius 1 is 1.16 bits per heavy atom. The SMILES string of the molecule is Cc1ccccc1S(=O)(=O)Nc1ccc(Cl)c(Br)c1. The molecule has 6 heteroatoms. The molecule has 0 aliphatic carbocycles. The Hall–Kier alpha value is -1.04. The number of rotatable bonds is 3. The molecular formula is C13H11BrClNO2S. The van der Waals surface area contributed by atoms with Gasteiger partial charge in [0.25, 0.3) is 10.0 Å². The minimum absolute atomic E-state index is 0.265. The van der Waals surface area contributed by atoms with Crippen LogP contribution in [-0.2, 0) is 10.0 Å². The van der Waals surface area contributed by atoms with Gasteiger partial charge in [0.15, 0.2) is 0 Å². The highest BCUT2D eigenvalue weighted by Gasteiger charge is 2.16. The van der Waals surface area contributed by atoms with E-state index in [1.807, 2.05) is 0 Å². The molecule has 19 heavy (non-hydrogen) atoms. The van der Waals surface area contributed by atoms with Crippen molar-refractivity contribution in [2.24, 2.45) is 0 Å². The number of sulfonamides is 1. The largest absolute Gasteiger partial charge is 0.280 e. The third kappa shape index (κ3) is 3.29. The zero-order valence-electron chi connectivity index (χ0n) is 10.0. The molecule has 0 fully saturated rings. The van der Waals surface area contributed by atoms with Crippen LogP contribution in [0.4, 0.5) is 5.69 Å². The highest BCUT2D eigenvalue weighted by molar-refractivity contribution is 9.10. The molecule has 0 spiro atoms. The Labute approximate surface area is 125 Å². The highest BCUT2D eigenvalue weighted by Crippen LogP contribution is 2.27. The van der Waals surface area contributed by atoms with Crippen LogP contribution < -0.4 is 4.72 Å². The second-order valence-electron chi connectivity index (χ2n) is 4.00. The predicted octanol–water partition coefficient (Wildman–Crippen LogP) is 4.21. The lowest BCUT2D eigenvalue weighted by Crippen LogP contribution is -2.14. The summed E-state index contributed by atoms with van der Waals surface area (Å²) in [7, 11) is -3.59. The summed E-state index contributed by atoms with van der Waals surface area (Å²) >= 11 is 9.13. The summed E-state index contributed by atoms with van der Waals surface area (Å²) in [4.78, 5) is 0.265. The lowest BCUT2D eigenvalue weighted by Gasteiger charge is -2.10. The van der Waals surface area contributed by atoms with Gasteiger partial charge in [0.1, 0.15) is 0 Å². The quantitative estimate of drug-likeness (QED) is 0.891. The molecule has 0 aliphatic rings. The lowest BCUT2D eigenvalue weighted by atomic mass is 10.2.